The van der Waals surface area contributed by atoms with Crippen molar-refractivity contribution >= 4 is 27.0 Å². The number of sulfonamides is 1. The first-order valence-corrected chi connectivity index (χ1v) is 7.78. The molecule has 8 heteroatoms. The van der Waals surface area contributed by atoms with Crippen LogP contribution >= 0.6 is 11.3 Å². The molecular formula is C11H14N4O2S2. The highest BCUT2D eigenvalue weighted by Gasteiger charge is 2.18. The predicted octanol–water partition coefficient (Wildman–Crippen LogP) is 1.22. The molecule has 0 atom stereocenters. The maximum absolute atomic E-state index is 12.1. The van der Waals surface area contributed by atoms with E-state index in [1.165, 1.54) is 18.5 Å². The van der Waals surface area contributed by atoms with Crippen molar-refractivity contribution in [1.29, 1.82) is 0 Å². The summed E-state index contributed by atoms with van der Waals surface area (Å²) < 4.78 is 26.8. The number of aryl methyl sites for hydroxylation is 1. The maximum atomic E-state index is 12.1. The number of nitrogens with one attached hydrogen (secondary N) is 2. The van der Waals surface area contributed by atoms with Crippen LogP contribution in [0.5, 0.6) is 0 Å². The summed E-state index contributed by atoms with van der Waals surface area (Å²) in [6.07, 6.45) is 2.73. The van der Waals surface area contributed by atoms with E-state index in [9.17, 15) is 8.42 Å². The molecule has 102 valence electrons. The minimum Gasteiger partial charge on any atom is -0.323 e. The highest BCUT2D eigenvalue weighted by atomic mass is 32.2. The Kier molecular flexibility index (Phi) is 4.15. The fraction of sp³-hybridized carbons (Fsp3) is 0.182. The van der Waals surface area contributed by atoms with Gasteiger partial charge < -0.3 is 5.43 Å². The molecule has 4 N–H and O–H groups in total. The SMILES string of the molecule is Cc1ccc(CNS(=O)(=O)c2cnccc2NN)s1. The summed E-state index contributed by atoms with van der Waals surface area (Å²) in [5, 5.41) is 0. The highest BCUT2D eigenvalue weighted by molar-refractivity contribution is 7.89. The van der Waals surface area contributed by atoms with Crippen LogP contribution in [0, 0.1) is 6.92 Å². The van der Waals surface area contributed by atoms with Gasteiger partial charge in [-0.15, -0.1) is 11.3 Å². The number of nitrogens with two attached hydrogens (primary N) is 1. The van der Waals surface area contributed by atoms with Gasteiger partial charge in [0.15, 0.2) is 0 Å². The second-order valence-corrected chi connectivity index (χ2v) is 6.96. The minimum atomic E-state index is -3.64. The minimum absolute atomic E-state index is 0.0331. The van der Waals surface area contributed by atoms with Crippen LogP contribution in [0.3, 0.4) is 0 Å². The molecule has 19 heavy (non-hydrogen) atoms. The molecule has 2 aromatic heterocycles. The van der Waals surface area contributed by atoms with Gasteiger partial charge in [-0.3, -0.25) is 10.8 Å². The summed E-state index contributed by atoms with van der Waals surface area (Å²) in [5.41, 5.74) is 2.66. The summed E-state index contributed by atoms with van der Waals surface area (Å²) in [7, 11) is -3.64. The van der Waals surface area contributed by atoms with Crippen LogP contribution < -0.4 is 16.0 Å². The lowest BCUT2D eigenvalue weighted by molar-refractivity contribution is 0.581. The van der Waals surface area contributed by atoms with E-state index in [1.807, 2.05) is 19.1 Å². The van der Waals surface area contributed by atoms with Crippen molar-refractivity contribution in [1.82, 2.24) is 9.71 Å². The summed E-state index contributed by atoms with van der Waals surface area (Å²) >= 11 is 1.55. The van der Waals surface area contributed by atoms with Crippen molar-refractivity contribution in [3.63, 3.8) is 0 Å². The van der Waals surface area contributed by atoms with Crippen molar-refractivity contribution in [3.05, 3.63) is 40.3 Å². The third kappa shape index (κ3) is 3.29. The van der Waals surface area contributed by atoms with Crippen LogP contribution in [-0.4, -0.2) is 13.4 Å². The van der Waals surface area contributed by atoms with Crippen LogP contribution in [0.2, 0.25) is 0 Å². The van der Waals surface area contributed by atoms with Gasteiger partial charge in [0.1, 0.15) is 4.90 Å². The molecule has 0 aliphatic carbocycles. The Balaban J connectivity index is 2.18. The molecule has 2 aromatic rings. The molecule has 0 amide bonds. The molecule has 0 bridgehead atoms. The monoisotopic (exact) mass is 298 g/mol. The molecule has 2 rings (SSSR count). The topological polar surface area (TPSA) is 97.1 Å². The molecule has 0 spiro atoms. The molecule has 0 aromatic carbocycles. The first kappa shape index (κ1) is 13.9. The summed E-state index contributed by atoms with van der Waals surface area (Å²) in [4.78, 5) is 5.93. The number of nitrogens with zero attached hydrogens (tertiary/aromatic N) is 1. The number of hydrazine groups is 1. The van der Waals surface area contributed by atoms with E-state index in [1.54, 1.807) is 11.3 Å². The number of nitrogen functional groups attached to an aromatic ring is 1. The van der Waals surface area contributed by atoms with Gasteiger partial charge in [-0.2, -0.15) is 0 Å². The van der Waals surface area contributed by atoms with Crippen LogP contribution in [0.15, 0.2) is 35.5 Å². The molecule has 2 heterocycles. The lowest BCUT2D eigenvalue weighted by atomic mass is 10.4. The molecule has 0 aliphatic rings. The zero-order chi connectivity index (χ0) is 13.9. The lowest BCUT2D eigenvalue weighted by Crippen LogP contribution is -2.24. The van der Waals surface area contributed by atoms with Gasteiger partial charge in [0, 0.05) is 28.7 Å². The Hall–Kier alpha value is -1.48. The third-order valence-corrected chi connectivity index (χ3v) is 4.89. The average molecular weight is 298 g/mol. The number of hydrogen-bond acceptors (Lipinski definition) is 6. The molecule has 0 unspecified atom stereocenters. The fourth-order valence-corrected chi connectivity index (χ4v) is 3.58. The van der Waals surface area contributed by atoms with Crippen molar-refractivity contribution in [2.24, 2.45) is 5.84 Å². The summed E-state index contributed by atoms with van der Waals surface area (Å²) in [6, 6.07) is 5.35. The van der Waals surface area contributed by atoms with Crippen molar-refractivity contribution in [2.75, 3.05) is 5.43 Å². The van der Waals surface area contributed by atoms with E-state index in [0.29, 0.717) is 5.69 Å². The number of pyridine rings is 1. The normalized spacial score (nSPS) is 11.5. The number of anilines is 1. The Morgan fingerprint density at radius 2 is 2.16 bits per heavy atom. The maximum Gasteiger partial charge on any atom is 0.244 e. The van der Waals surface area contributed by atoms with Gasteiger partial charge in [0.25, 0.3) is 0 Å². The lowest BCUT2D eigenvalue weighted by Gasteiger charge is -2.09. The van der Waals surface area contributed by atoms with Crippen LogP contribution in [0.25, 0.3) is 0 Å². The van der Waals surface area contributed by atoms with Crippen LogP contribution in [0.1, 0.15) is 9.75 Å². The van der Waals surface area contributed by atoms with Gasteiger partial charge in [-0.25, -0.2) is 13.1 Å². The predicted molar refractivity (Wildman–Crippen MR) is 75.1 cm³/mol. The van der Waals surface area contributed by atoms with Gasteiger partial charge in [0.05, 0.1) is 5.69 Å². The molecule has 0 fully saturated rings. The largest absolute Gasteiger partial charge is 0.323 e. The smallest absolute Gasteiger partial charge is 0.244 e. The molecule has 0 saturated carbocycles. The zero-order valence-electron chi connectivity index (χ0n) is 10.3. The molecule has 0 radical (unpaired) electrons. The number of rotatable bonds is 5. The molecule has 0 aliphatic heterocycles. The van der Waals surface area contributed by atoms with Crippen molar-refractivity contribution < 1.29 is 8.42 Å². The molecular weight excluding hydrogens is 284 g/mol. The second-order valence-electron chi connectivity index (χ2n) is 3.85. The first-order chi connectivity index (χ1) is 9.03. The van der Waals surface area contributed by atoms with Crippen molar-refractivity contribution in [3.8, 4) is 0 Å². The van der Waals surface area contributed by atoms with E-state index in [0.717, 1.165) is 9.75 Å². The van der Waals surface area contributed by atoms with Crippen LogP contribution in [-0.2, 0) is 16.6 Å². The van der Waals surface area contributed by atoms with Gasteiger partial charge in [-0.05, 0) is 25.1 Å². The Morgan fingerprint density at radius 3 is 2.79 bits per heavy atom. The van der Waals surface area contributed by atoms with Crippen LogP contribution in [0.4, 0.5) is 5.69 Å². The van der Waals surface area contributed by atoms with E-state index < -0.39 is 10.0 Å². The van der Waals surface area contributed by atoms with E-state index >= 15 is 0 Å². The van der Waals surface area contributed by atoms with E-state index in [-0.39, 0.29) is 11.4 Å². The summed E-state index contributed by atoms with van der Waals surface area (Å²) in [5.74, 6) is 5.29. The number of thiophene rings is 1. The van der Waals surface area contributed by atoms with Crippen molar-refractivity contribution in [2.45, 2.75) is 18.4 Å². The third-order valence-electron chi connectivity index (χ3n) is 2.46. The second kappa shape index (κ2) is 5.66. The van der Waals surface area contributed by atoms with Gasteiger partial charge >= 0.3 is 0 Å². The molecule has 0 saturated heterocycles. The Bertz CT molecular complexity index is 667. The first-order valence-electron chi connectivity index (χ1n) is 5.48. The quantitative estimate of drug-likeness (QED) is 0.569. The highest BCUT2D eigenvalue weighted by Crippen LogP contribution is 2.20. The Morgan fingerprint density at radius 1 is 1.37 bits per heavy atom. The summed E-state index contributed by atoms with van der Waals surface area (Å²) in [6.45, 7) is 2.22. The zero-order valence-corrected chi connectivity index (χ0v) is 11.9. The standard InChI is InChI=1S/C11H14N4O2S2/c1-8-2-3-9(18-8)6-14-19(16,17)11-7-13-5-4-10(11)15-12/h2-5,7,14H,6,12H2,1H3,(H,13,15). The van der Waals surface area contributed by atoms with E-state index in [4.69, 9.17) is 5.84 Å². The fourth-order valence-electron chi connectivity index (χ4n) is 1.54. The number of aromatic nitrogens is 1. The number of hydrogen-bond donors (Lipinski definition) is 3. The Labute approximate surface area is 115 Å². The van der Waals surface area contributed by atoms with Gasteiger partial charge in [0.2, 0.25) is 10.0 Å². The van der Waals surface area contributed by atoms with E-state index in [2.05, 4.69) is 15.1 Å². The van der Waals surface area contributed by atoms with Gasteiger partial charge in [-0.1, -0.05) is 0 Å². The molecule has 6 nitrogen and oxygen atoms in total. The average Bonchev–Trinajstić information content (AvgIpc) is 2.82.